The van der Waals surface area contributed by atoms with Crippen LogP contribution in [0.5, 0.6) is 5.75 Å². The van der Waals surface area contributed by atoms with Crippen molar-refractivity contribution in [2.75, 3.05) is 12.4 Å². The smallest absolute Gasteiger partial charge is 0.496 e. The molecule has 0 saturated carbocycles. The fraction of sp³-hybridized carbons (Fsp3) is 0.125. The quantitative estimate of drug-likeness (QED) is 0.284. The van der Waals surface area contributed by atoms with Crippen molar-refractivity contribution < 1.29 is 31.7 Å². The fourth-order valence-corrected chi connectivity index (χ4v) is 4.10. The Morgan fingerprint density at radius 3 is 2.62 bits per heavy atom. The van der Waals surface area contributed by atoms with Gasteiger partial charge in [0.15, 0.2) is 5.69 Å². The van der Waals surface area contributed by atoms with Crippen molar-refractivity contribution in [1.29, 1.82) is 0 Å². The molecule has 2 aromatic carbocycles. The average molecular weight is 469 g/mol. The molecule has 1 aliphatic rings. The Hall–Kier alpha value is -4.21. The van der Waals surface area contributed by atoms with E-state index in [1.54, 1.807) is 24.5 Å². The Morgan fingerprint density at radius 2 is 1.91 bits per heavy atom. The van der Waals surface area contributed by atoms with Crippen molar-refractivity contribution >= 4 is 34.7 Å². The van der Waals surface area contributed by atoms with Gasteiger partial charge >= 0.3 is 12.2 Å². The van der Waals surface area contributed by atoms with E-state index in [1.807, 2.05) is 0 Å². The molecule has 3 heterocycles. The number of H-pyrrole nitrogens is 1. The minimum Gasteiger partial charge on any atom is -0.496 e. The second-order valence-corrected chi connectivity index (χ2v) is 7.62. The van der Waals surface area contributed by atoms with Crippen LogP contribution in [0.3, 0.4) is 0 Å². The molecule has 0 saturated heterocycles. The van der Waals surface area contributed by atoms with Gasteiger partial charge in [-0.3, -0.25) is 0 Å². The zero-order valence-electron chi connectivity index (χ0n) is 17.7. The van der Waals surface area contributed by atoms with E-state index < -0.39 is 23.6 Å². The summed E-state index contributed by atoms with van der Waals surface area (Å²) >= 11 is 0. The lowest BCUT2D eigenvalue weighted by molar-refractivity contribution is -0.320. The van der Waals surface area contributed by atoms with Crippen LogP contribution in [0.15, 0.2) is 54.9 Å². The molecule has 1 aliphatic heterocycles. The maximum atomic E-state index is 14.9. The van der Waals surface area contributed by atoms with Crippen LogP contribution >= 0.6 is 0 Å². The molecule has 34 heavy (non-hydrogen) atoms. The summed E-state index contributed by atoms with van der Waals surface area (Å²) in [5.41, 5.74) is 1.83. The summed E-state index contributed by atoms with van der Waals surface area (Å²) in [4.78, 5) is 20.5. The zero-order valence-corrected chi connectivity index (χ0v) is 17.7. The number of aromatic nitrogens is 2. The molecule has 0 spiro atoms. The number of fused-ring (bicyclic) bond motifs is 2. The molecule has 172 valence electrons. The first kappa shape index (κ1) is 21.6. The largest absolute Gasteiger partial charge is 0.501 e. The summed E-state index contributed by atoms with van der Waals surface area (Å²) < 4.78 is 60.2. The van der Waals surface area contributed by atoms with Gasteiger partial charge in [-0.2, -0.15) is 22.5 Å². The Kier molecular flexibility index (Phi) is 5.07. The van der Waals surface area contributed by atoms with Gasteiger partial charge in [0.05, 0.1) is 30.5 Å². The molecule has 0 bridgehead atoms. The van der Waals surface area contributed by atoms with Crippen LogP contribution in [-0.4, -0.2) is 33.9 Å². The van der Waals surface area contributed by atoms with E-state index in [-0.39, 0.29) is 12.1 Å². The zero-order chi connectivity index (χ0) is 24.0. The number of alkyl halides is 3. The number of nitrogens with one attached hydrogen (secondary N) is 2. The number of aromatic amines is 1. The molecule has 4 aromatic rings. The van der Waals surface area contributed by atoms with Gasteiger partial charge in [-0.1, -0.05) is 0 Å². The molecule has 0 atom stereocenters. The van der Waals surface area contributed by atoms with Crippen LogP contribution < -0.4 is 10.1 Å². The number of amides is 2. The molecule has 0 unspecified atom stereocenters. The van der Waals surface area contributed by atoms with E-state index in [9.17, 15) is 22.4 Å². The molecule has 0 fully saturated rings. The lowest BCUT2D eigenvalue weighted by atomic mass is 9.93. The second-order valence-electron chi connectivity index (χ2n) is 7.62. The minimum absolute atomic E-state index is 0.0627. The number of urea groups is 1. The lowest BCUT2D eigenvalue weighted by Gasteiger charge is -2.17. The first-order valence-electron chi connectivity index (χ1n) is 10.2. The summed E-state index contributed by atoms with van der Waals surface area (Å²) in [6.45, 7) is 0. The van der Waals surface area contributed by atoms with Gasteiger partial charge < -0.3 is 9.72 Å². The highest BCUT2D eigenvalue weighted by atomic mass is 19.4. The lowest BCUT2D eigenvalue weighted by Crippen LogP contribution is -2.25. The van der Waals surface area contributed by atoms with Crippen LogP contribution in [0.25, 0.3) is 22.2 Å². The van der Waals surface area contributed by atoms with Gasteiger partial charge in [0.25, 0.3) is 0 Å². The Balaban J connectivity index is 1.61. The van der Waals surface area contributed by atoms with E-state index in [2.05, 4.69) is 15.3 Å². The molecule has 6 nitrogen and oxygen atoms in total. The third-order valence-electron chi connectivity index (χ3n) is 5.68. The number of hydrogen-bond acceptors (Lipinski definition) is 3. The van der Waals surface area contributed by atoms with Crippen LogP contribution in [-0.2, 0) is 12.6 Å². The van der Waals surface area contributed by atoms with Gasteiger partial charge in [0.1, 0.15) is 22.9 Å². The number of nitrogens with zero attached hydrogens (tertiary/aromatic N) is 2. The number of carbonyl (C=O) groups is 1. The molecule has 5 rings (SSSR count). The SMILES string of the molecule is COc1ccc(F)c2c1-c1ccnc3[nH]cc(c13)[N+](C(=O)Nc1ccc(C(F)(F)F)cc1)=CC2. The number of hydrogen-bond donors (Lipinski definition) is 2. The van der Waals surface area contributed by atoms with Gasteiger partial charge in [0.2, 0.25) is 0 Å². The maximum Gasteiger partial charge on any atom is 0.501 e. The molecular weight excluding hydrogens is 452 g/mol. The number of rotatable bonds is 2. The molecule has 2 aromatic heterocycles. The predicted molar refractivity (Wildman–Crippen MR) is 118 cm³/mol. The molecular formula is C24H17F4N4O2+. The summed E-state index contributed by atoms with van der Waals surface area (Å²) in [6.07, 6.45) is 0.267. The van der Waals surface area contributed by atoms with Gasteiger partial charge in [-0.25, -0.2) is 14.7 Å². The molecule has 2 N–H and O–H groups in total. The normalized spacial score (nSPS) is 13.0. The van der Waals surface area contributed by atoms with E-state index in [1.165, 1.54) is 36.1 Å². The Bertz CT molecular complexity index is 1460. The van der Waals surface area contributed by atoms with Gasteiger partial charge in [0, 0.05) is 29.3 Å². The Morgan fingerprint density at radius 1 is 1.15 bits per heavy atom. The van der Waals surface area contributed by atoms with Crippen LogP contribution in [0.1, 0.15) is 11.1 Å². The van der Waals surface area contributed by atoms with Crippen molar-refractivity contribution in [1.82, 2.24) is 9.97 Å². The topological polar surface area (TPSA) is 70.0 Å². The van der Waals surface area contributed by atoms with Crippen molar-refractivity contribution in [2.24, 2.45) is 0 Å². The number of carbonyl (C=O) groups excluding carboxylic acids is 1. The number of halogens is 4. The summed E-state index contributed by atoms with van der Waals surface area (Å²) in [7, 11) is 1.50. The highest BCUT2D eigenvalue weighted by Gasteiger charge is 2.31. The highest BCUT2D eigenvalue weighted by Crippen LogP contribution is 2.42. The standard InChI is InChI=1S/C24H16F4N4O2/c1-34-19-7-6-17(25)15-9-11-32(18-12-30-22-21(18)16(20(15)19)8-10-29-22)23(33)31-14-4-2-13(3-5-14)24(26,27)28/h2-8,10-12H,9H2,1H3,(H-,29,30,31,33)/p+1. The molecule has 0 radical (unpaired) electrons. The molecule has 0 aliphatic carbocycles. The van der Waals surface area contributed by atoms with Crippen molar-refractivity contribution in [2.45, 2.75) is 12.6 Å². The first-order chi connectivity index (χ1) is 16.3. The van der Waals surface area contributed by atoms with Gasteiger partial charge in [-0.05, 0) is 42.5 Å². The van der Waals surface area contributed by atoms with E-state index in [0.717, 1.165) is 12.1 Å². The predicted octanol–water partition coefficient (Wildman–Crippen LogP) is 5.90. The number of pyridine rings is 1. The van der Waals surface area contributed by atoms with E-state index in [4.69, 9.17) is 4.74 Å². The van der Waals surface area contributed by atoms with E-state index in [0.29, 0.717) is 39.2 Å². The number of ether oxygens (including phenoxy) is 1. The van der Waals surface area contributed by atoms with Crippen molar-refractivity contribution in [3.05, 3.63) is 71.8 Å². The average Bonchev–Trinajstić information content (AvgIpc) is 3.22. The molecule has 10 heteroatoms. The third-order valence-corrected chi connectivity index (χ3v) is 5.68. The van der Waals surface area contributed by atoms with Crippen molar-refractivity contribution in [3.8, 4) is 16.9 Å². The van der Waals surface area contributed by atoms with Crippen LogP contribution in [0.4, 0.5) is 33.7 Å². The Labute approximate surface area is 190 Å². The van der Waals surface area contributed by atoms with Crippen LogP contribution in [0.2, 0.25) is 0 Å². The van der Waals surface area contributed by atoms with E-state index >= 15 is 0 Å². The fourth-order valence-electron chi connectivity index (χ4n) is 4.10. The third kappa shape index (κ3) is 3.57. The van der Waals surface area contributed by atoms with Gasteiger partial charge in [-0.15, -0.1) is 0 Å². The highest BCUT2D eigenvalue weighted by molar-refractivity contribution is 6.04. The maximum absolute atomic E-state index is 14.9. The second kappa shape index (κ2) is 7.98. The summed E-state index contributed by atoms with van der Waals surface area (Å²) in [5.74, 6) is 0.0196. The monoisotopic (exact) mass is 469 g/mol. The first-order valence-corrected chi connectivity index (χ1v) is 10.2. The number of anilines is 1. The van der Waals surface area contributed by atoms with Crippen molar-refractivity contribution in [3.63, 3.8) is 0 Å². The molecule has 2 amide bonds. The number of benzene rings is 2. The summed E-state index contributed by atoms with van der Waals surface area (Å²) in [6, 6.07) is 8.07. The summed E-state index contributed by atoms with van der Waals surface area (Å²) in [5, 5.41) is 3.17. The van der Waals surface area contributed by atoms with Crippen LogP contribution in [0, 0.1) is 5.82 Å². The number of methoxy groups -OCH3 is 1. The minimum atomic E-state index is -4.48.